The van der Waals surface area contributed by atoms with E-state index in [1.165, 1.54) is 18.3 Å². The first-order valence-electron chi connectivity index (χ1n) is 6.95. The topological polar surface area (TPSA) is 71.1 Å². The lowest BCUT2D eigenvalue weighted by Gasteiger charge is -2.11. The van der Waals surface area contributed by atoms with Crippen molar-refractivity contribution < 1.29 is 12.8 Å². The molecule has 1 fully saturated rings. The predicted octanol–water partition coefficient (Wildman–Crippen LogP) is 2.90. The number of nitrogens with zero attached hydrogens (tertiary/aromatic N) is 1. The smallest absolute Gasteiger partial charge is 0.262 e. The van der Waals surface area contributed by atoms with Crippen molar-refractivity contribution in [2.24, 2.45) is 0 Å². The van der Waals surface area contributed by atoms with Crippen LogP contribution in [0.1, 0.15) is 18.4 Å². The van der Waals surface area contributed by atoms with Crippen molar-refractivity contribution in [2.75, 3.05) is 10.0 Å². The molecule has 7 heteroatoms. The second kappa shape index (κ2) is 5.57. The van der Waals surface area contributed by atoms with Crippen molar-refractivity contribution in [1.82, 2.24) is 4.98 Å². The Kier molecular flexibility index (Phi) is 3.74. The Balaban J connectivity index is 1.78. The molecule has 0 unspecified atom stereocenters. The van der Waals surface area contributed by atoms with Gasteiger partial charge in [-0.25, -0.2) is 17.8 Å². The van der Waals surface area contributed by atoms with Gasteiger partial charge in [-0.05, 0) is 55.7 Å². The number of sulfonamides is 1. The van der Waals surface area contributed by atoms with Gasteiger partial charge in [0.1, 0.15) is 11.6 Å². The number of rotatable bonds is 5. The van der Waals surface area contributed by atoms with Crippen molar-refractivity contribution in [2.45, 2.75) is 30.7 Å². The van der Waals surface area contributed by atoms with Crippen LogP contribution in [-0.2, 0) is 10.0 Å². The molecule has 1 aliphatic carbocycles. The molecule has 0 aliphatic heterocycles. The summed E-state index contributed by atoms with van der Waals surface area (Å²) in [4.78, 5) is 4.23. The Labute approximate surface area is 128 Å². The van der Waals surface area contributed by atoms with Crippen LogP contribution in [0.4, 0.5) is 15.9 Å². The van der Waals surface area contributed by atoms with Gasteiger partial charge in [0.25, 0.3) is 10.0 Å². The molecule has 0 spiro atoms. The van der Waals surface area contributed by atoms with Gasteiger partial charge < -0.3 is 5.32 Å². The molecule has 1 aromatic carbocycles. The fourth-order valence-corrected chi connectivity index (χ4v) is 3.37. The minimum atomic E-state index is -3.76. The molecule has 0 radical (unpaired) electrons. The summed E-state index contributed by atoms with van der Waals surface area (Å²) in [5, 5.41) is 3.22. The highest BCUT2D eigenvalue weighted by Crippen LogP contribution is 2.24. The summed E-state index contributed by atoms with van der Waals surface area (Å²) in [6.45, 7) is 1.55. The van der Waals surface area contributed by atoms with E-state index < -0.39 is 15.8 Å². The van der Waals surface area contributed by atoms with Crippen LogP contribution in [-0.4, -0.2) is 19.4 Å². The normalized spacial score (nSPS) is 14.6. The van der Waals surface area contributed by atoms with Gasteiger partial charge in [-0.15, -0.1) is 0 Å². The van der Waals surface area contributed by atoms with Crippen LogP contribution in [0.3, 0.4) is 0 Å². The molecule has 1 heterocycles. The Bertz CT molecular complexity index is 787. The lowest BCUT2D eigenvalue weighted by atomic mass is 10.2. The number of aryl methyl sites for hydroxylation is 1. The van der Waals surface area contributed by atoms with E-state index >= 15 is 0 Å². The molecule has 5 nitrogen and oxygen atoms in total. The zero-order valence-corrected chi connectivity index (χ0v) is 12.8. The number of anilines is 2. The maximum absolute atomic E-state index is 13.1. The molecular weight excluding hydrogens is 305 g/mol. The van der Waals surface area contributed by atoms with Crippen molar-refractivity contribution in [3.63, 3.8) is 0 Å². The molecule has 116 valence electrons. The fourth-order valence-electron chi connectivity index (χ4n) is 2.10. The summed E-state index contributed by atoms with van der Waals surface area (Å²) in [7, 11) is -3.76. The van der Waals surface area contributed by atoms with Crippen LogP contribution < -0.4 is 10.0 Å². The monoisotopic (exact) mass is 321 g/mol. The van der Waals surface area contributed by atoms with E-state index in [4.69, 9.17) is 0 Å². The van der Waals surface area contributed by atoms with Crippen molar-refractivity contribution >= 4 is 21.5 Å². The zero-order chi connectivity index (χ0) is 15.7. The summed E-state index contributed by atoms with van der Waals surface area (Å²) < 4.78 is 40.2. The summed E-state index contributed by atoms with van der Waals surface area (Å²) >= 11 is 0. The lowest BCUT2D eigenvalue weighted by molar-refractivity contribution is 0.598. The van der Waals surface area contributed by atoms with Crippen molar-refractivity contribution in [1.29, 1.82) is 0 Å². The molecule has 1 aliphatic rings. The predicted molar refractivity (Wildman–Crippen MR) is 82.8 cm³/mol. The molecule has 1 saturated carbocycles. The van der Waals surface area contributed by atoms with E-state index in [0.717, 1.165) is 24.7 Å². The quantitative estimate of drug-likeness (QED) is 0.888. The summed E-state index contributed by atoms with van der Waals surface area (Å²) in [6.07, 6.45) is 3.74. The summed E-state index contributed by atoms with van der Waals surface area (Å²) in [5.41, 5.74) is 0.720. The Hall–Kier alpha value is -2.15. The van der Waals surface area contributed by atoms with Crippen molar-refractivity contribution in [3.05, 3.63) is 47.9 Å². The van der Waals surface area contributed by atoms with Crippen LogP contribution in [0, 0.1) is 12.7 Å². The molecule has 2 aromatic rings. The molecule has 22 heavy (non-hydrogen) atoms. The van der Waals surface area contributed by atoms with E-state index in [2.05, 4.69) is 15.0 Å². The number of halogens is 1. The Morgan fingerprint density at radius 1 is 1.23 bits per heavy atom. The van der Waals surface area contributed by atoms with Gasteiger partial charge in [-0.2, -0.15) is 0 Å². The van der Waals surface area contributed by atoms with E-state index in [-0.39, 0.29) is 4.90 Å². The van der Waals surface area contributed by atoms with Gasteiger partial charge in [0.2, 0.25) is 0 Å². The van der Waals surface area contributed by atoms with Crippen molar-refractivity contribution in [3.8, 4) is 0 Å². The number of aromatic nitrogens is 1. The third-order valence-corrected chi connectivity index (χ3v) is 4.91. The Morgan fingerprint density at radius 2 is 2.00 bits per heavy atom. The number of benzene rings is 1. The van der Waals surface area contributed by atoms with Gasteiger partial charge in [-0.1, -0.05) is 0 Å². The van der Waals surface area contributed by atoms with Crippen LogP contribution in [0.25, 0.3) is 0 Å². The van der Waals surface area contributed by atoms with E-state index in [9.17, 15) is 12.8 Å². The summed E-state index contributed by atoms with van der Waals surface area (Å²) in [6, 6.07) is 7.43. The average Bonchev–Trinajstić information content (AvgIpc) is 3.24. The highest BCUT2D eigenvalue weighted by atomic mass is 32.2. The molecule has 1 aromatic heterocycles. The van der Waals surface area contributed by atoms with E-state index in [1.807, 2.05) is 0 Å². The third-order valence-electron chi connectivity index (χ3n) is 3.37. The van der Waals surface area contributed by atoms with Crippen LogP contribution >= 0.6 is 0 Å². The molecule has 2 N–H and O–H groups in total. The highest BCUT2D eigenvalue weighted by Gasteiger charge is 2.21. The first-order chi connectivity index (χ1) is 10.4. The lowest BCUT2D eigenvalue weighted by Crippen LogP contribution is -2.14. The fraction of sp³-hybridized carbons (Fsp3) is 0.267. The van der Waals surface area contributed by atoms with Crippen LogP contribution in [0.2, 0.25) is 0 Å². The minimum absolute atomic E-state index is 0.0501. The van der Waals surface area contributed by atoms with Gasteiger partial charge in [0, 0.05) is 6.04 Å². The average molecular weight is 321 g/mol. The number of hydrogen-bond acceptors (Lipinski definition) is 4. The number of pyridine rings is 1. The van der Waals surface area contributed by atoms with Gasteiger partial charge in [0.15, 0.2) is 0 Å². The first-order valence-corrected chi connectivity index (χ1v) is 8.44. The van der Waals surface area contributed by atoms with Gasteiger partial charge in [-0.3, -0.25) is 4.72 Å². The van der Waals surface area contributed by atoms with Gasteiger partial charge >= 0.3 is 0 Å². The number of hydrogen-bond donors (Lipinski definition) is 2. The largest absolute Gasteiger partial charge is 0.367 e. The molecule has 0 atom stereocenters. The molecular formula is C15H16FN3O2S. The first kappa shape index (κ1) is 14.8. The highest BCUT2D eigenvalue weighted by molar-refractivity contribution is 7.92. The standard InChI is InChI=1S/C15H16FN3O2S/c1-10-8-11(16)2-6-14(10)22(20,21)19-13-5-7-15(17-9-13)18-12-3-4-12/h2,5-9,12,19H,3-4H2,1H3,(H,17,18). The molecule has 0 bridgehead atoms. The minimum Gasteiger partial charge on any atom is -0.367 e. The van der Waals surface area contributed by atoms with Crippen LogP contribution in [0.15, 0.2) is 41.4 Å². The van der Waals surface area contributed by atoms with Gasteiger partial charge in [0.05, 0.1) is 16.8 Å². The second-order valence-corrected chi connectivity index (χ2v) is 7.02. The molecule has 0 saturated heterocycles. The maximum Gasteiger partial charge on any atom is 0.262 e. The maximum atomic E-state index is 13.1. The number of nitrogens with one attached hydrogen (secondary N) is 2. The SMILES string of the molecule is Cc1cc(F)ccc1S(=O)(=O)Nc1ccc(NC2CC2)nc1. The molecule has 3 rings (SSSR count). The molecule has 0 amide bonds. The third kappa shape index (κ3) is 3.36. The zero-order valence-electron chi connectivity index (χ0n) is 12.0. The van der Waals surface area contributed by atoms with Crippen LogP contribution in [0.5, 0.6) is 0 Å². The van der Waals surface area contributed by atoms with E-state index in [1.54, 1.807) is 19.1 Å². The second-order valence-electron chi connectivity index (χ2n) is 5.37. The summed E-state index contributed by atoms with van der Waals surface area (Å²) in [5.74, 6) is 0.261. The van der Waals surface area contributed by atoms with E-state index in [0.29, 0.717) is 17.3 Å². The Morgan fingerprint density at radius 3 is 2.59 bits per heavy atom.